The molecule has 0 aromatic carbocycles. The number of nitrogens with zero attached hydrogens (tertiary/aromatic N) is 6. The molecule has 1 saturated carbocycles. The van der Waals surface area contributed by atoms with E-state index >= 15 is 4.39 Å². The zero-order valence-corrected chi connectivity index (χ0v) is 20.6. The van der Waals surface area contributed by atoms with Crippen molar-refractivity contribution < 1.29 is 9.18 Å². The molecule has 6 aromatic heterocycles. The van der Waals surface area contributed by atoms with Gasteiger partial charge in [-0.15, -0.1) is 0 Å². The number of anilines is 1. The number of carbonyl (C=O) groups is 1. The van der Waals surface area contributed by atoms with Gasteiger partial charge in [-0.25, -0.2) is 9.37 Å². The number of hydrogen-bond acceptors (Lipinski definition) is 7. The van der Waals surface area contributed by atoms with E-state index in [2.05, 4.69) is 40.4 Å². The van der Waals surface area contributed by atoms with Crippen LogP contribution in [0.25, 0.3) is 55.8 Å². The highest BCUT2D eigenvalue weighted by Crippen LogP contribution is 2.34. The Hall–Kier alpha value is -5.06. The average Bonchev–Trinajstić information content (AvgIpc) is 3.73. The van der Waals surface area contributed by atoms with E-state index in [1.807, 2.05) is 12.1 Å². The first-order valence-electron chi connectivity index (χ1n) is 12.7. The summed E-state index contributed by atoms with van der Waals surface area (Å²) in [6.07, 6.45) is 15.3. The SMILES string of the molecule is O=C(Nc1cncc(-c2ncc3[nH]nc(-c4nc5c(-c6cccnc6)cncc5[nH]4)c3c2F)c1)C1CCCC1. The summed E-state index contributed by atoms with van der Waals surface area (Å²) in [5.74, 6) is -0.201. The van der Waals surface area contributed by atoms with Crippen LogP contribution in [0.15, 0.2) is 61.6 Å². The molecule has 0 saturated heterocycles. The van der Waals surface area contributed by atoms with Gasteiger partial charge in [-0.1, -0.05) is 18.9 Å². The number of imidazole rings is 1. The number of halogens is 1. The average molecular weight is 520 g/mol. The van der Waals surface area contributed by atoms with Gasteiger partial charge in [-0.05, 0) is 25.0 Å². The summed E-state index contributed by atoms with van der Waals surface area (Å²) in [7, 11) is 0. The first-order chi connectivity index (χ1) is 19.2. The smallest absolute Gasteiger partial charge is 0.227 e. The minimum absolute atomic E-state index is 0.00559. The van der Waals surface area contributed by atoms with Crippen molar-refractivity contribution in [3.05, 3.63) is 67.4 Å². The van der Waals surface area contributed by atoms with Crippen molar-refractivity contribution in [1.29, 1.82) is 0 Å². The second-order valence-electron chi connectivity index (χ2n) is 9.62. The predicted octanol–water partition coefficient (Wildman–Crippen LogP) is 5.29. The van der Waals surface area contributed by atoms with Crippen molar-refractivity contribution in [2.45, 2.75) is 25.7 Å². The van der Waals surface area contributed by atoms with Gasteiger partial charge in [0.25, 0.3) is 0 Å². The number of hydrogen-bond donors (Lipinski definition) is 3. The number of amides is 1. The topological polar surface area (TPSA) is 138 Å². The van der Waals surface area contributed by atoms with Crippen LogP contribution in [0.5, 0.6) is 0 Å². The Kier molecular flexibility index (Phi) is 5.54. The van der Waals surface area contributed by atoms with Gasteiger partial charge in [-0.2, -0.15) is 5.10 Å². The number of fused-ring (bicyclic) bond motifs is 2. The van der Waals surface area contributed by atoms with Gasteiger partial charge in [0.1, 0.15) is 16.9 Å². The molecule has 39 heavy (non-hydrogen) atoms. The third kappa shape index (κ3) is 4.08. The molecular formula is C28H22FN9O. The molecule has 6 heterocycles. The molecule has 0 atom stereocenters. The summed E-state index contributed by atoms with van der Waals surface area (Å²) in [6, 6.07) is 5.46. The lowest BCUT2D eigenvalue weighted by Gasteiger charge is -2.11. The number of aromatic nitrogens is 8. The number of pyridine rings is 4. The van der Waals surface area contributed by atoms with Gasteiger partial charge in [0.05, 0.1) is 40.7 Å². The zero-order valence-electron chi connectivity index (χ0n) is 20.6. The normalized spacial score (nSPS) is 13.9. The van der Waals surface area contributed by atoms with E-state index in [4.69, 9.17) is 4.98 Å². The van der Waals surface area contributed by atoms with Crippen LogP contribution in [0.2, 0.25) is 0 Å². The monoisotopic (exact) mass is 519 g/mol. The Bertz CT molecular complexity index is 1840. The number of aromatic amines is 2. The number of nitrogens with one attached hydrogen (secondary N) is 3. The first-order valence-corrected chi connectivity index (χ1v) is 12.7. The molecule has 0 bridgehead atoms. The van der Waals surface area contributed by atoms with Gasteiger partial charge >= 0.3 is 0 Å². The molecule has 7 rings (SSSR count). The Labute approximate surface area is 221 Å². The fourth-order valence-corrected chi connectivity index (χ4v) is 5.20. The molecular weight excluding hydrogens is 497 g/mol. The second kappa shape index (κ2) is 9.35. The molecule has 0 spiro atoms. The van der Waals surface area contributed by atoms with E-state index < -0.39 is 5.82 Å². The molecule has 6 aromatic rings. The molecule has 0 radical (unpaired) electrons. The fourth-order valence-electron chi connectivity index (χ4n) is 5.20. The Morgan fingerprint density at radius 2 is 1.79 bits per heavy atom. The van der Waals surface area contributed by atoms with Gasteiger partial charge in [0, 0.05) is 47.4 Å². The van der Waals surface area contributed by atoms with E-state index in [9.17, 15) is 4.79 Å². The third-order valence-corrected chi connectivity index (χ3v) is 7.14. The van der Waals surface area contributed by atoms with Crippen molar-refractivity contribution in [2.75, 3.05) is 5.32 Å². The summed E-state index contributed by atoms with van der Waals surface area (Å²) < 4.78 is 16.1. The fraction of sp³-hybridized carbons (Fsp3) is 0.179. The Morgan fingerprint density at radius 1 is 0.949 bits per heavy atom. The summed E-state index contributed by atoms with van der Waals surface area (Å²) in [5, 5.41) is 10.4. The largest absolute Gasteiger partial charge is 0.335 e. The molecule has 10 nitrogen and oxygen atoms in total. The Morgan fingerprint density at radius 3 is 2.64 bits per heavy atom. The van der Waals surface area contributed by atoms with E-state index in [0.29, 0.717) is 39.3 Å². The molecule has 1 amide bonds. The quantitative estimate of drug-likeness (QED) is 0.281. The van der Waals surface area contributed by atoms with Crippen LogP contribution in [-0.2, 0) is 4.79 Å². The minimum atomic E-state index is -0.566. The van der Waals surface area contributed by atoms with Crippen LogP contribution < -0.4 is 5.32 Å². The highest BCUT2D eigenvalue weighted by Gasteiger charge is 2.24. The van der Waals surface area contributed by atoms with Crippen LogP contribution in [-0.4, -0.2) is 46.0 Å². The molecule has 3 N–H and O–H groups in total. The number of H-pyrrole nitrogens is 2. The van der Waals surface area contributed by atoms with Crippen LogP contribution >= 0.6 is 0 Å². The van der Waals surface area contributed by atoms with Crippen LogP contribution in [0, 0.1) is 11.7 Å². The maximum absolute atomic E-state index is 16.1. The van der Waals surface area contributed by atoms with E-state index in [0.717, 1.165) is 36.8 Å². The maximum Gasteiger partial charge on any atom is 0.227 e. The van der Waals surface area contributed by atoms with E-state index in [1.54, 1.807) is 37.1 Å². The molecule has 1 aliphatic carbocycles. The highest BCUT2D eigenvalue weighted by molar-refractivity contribution is 5.98. The molecule has 0 unspecified atom stereocenters. The lowest BCUT2D eigenvalue weighted by molar-refractivity contribution is -0.119. The summed E-state index contributed by atoms with van der Waals surface area (Å²) >= 11 is 0. The van der Waals surface area contributed by atoms with Crippen LogP contribution in [0.4, 0.5) is 10.1 Å². The highest BCUT2D eigenvalue weighted by atomic mass is 19.1. The predicted molar refractivity (Wildman–Crippen MR) is 144 cm³/mol. The lowest BCUT2D eigenvalue weighted by Crippen LogP contribution is -2.20. The van der Waals surface area contributed by atoms with Crippen molar-refractivity contribution in [3.63, 3.8) is 0 Å². The van der Waals surface area contributed by atoms with Gasteiger partial charge < -0.3 is 10.3 Å². The van der Waals surface area contributed by atoms with Crippen molar-refractivity contribution in [2.24, 2.45) is 5.92 Å². The van der Waals surface area contributed by atoms with Crippen molar-refractivity contribution in [1.82, 2.24) is 40.1 Å². The van der Waals surface area contributed by atoms with Crippen molar-refractivity contribution in [3.8, 4) is 33.9 Å². The van der Waals surface area contributed by atoms with Crippen LogP contribution in [0.3, 0.4) is 0 Å². The Balaban J connectivity index is 1.28. The summed E-state index contributed by atoms with van der Waals surface area (Å²) in [4.78, 5) is 37.6. The van der Waals surface area contributed by atoms with Gasteiger partial charge in [0.15, 0.2) is 11.6 Å². The second-order valence-corrected chi connectivity index (χ2v) is 9.62. The molecule has 1 fully saturated rings. The first kappa shape index (κ1) is 23.1. The number of carbonyl (C=O) groups excluding carboxylic acids is 1. The maximum atomic E-state index is 16.1. The van der Waals surface area contributed by atoms with Crippen molar-refractivity contribution >= 4 is 33.5 Å². The lowest BCUT2D eigenvalue weighted by atomic mass is 10.1. The van der Waals surface area contributed by atoms with Gasteiger partial charge in [0.2, 0.25) is 5.91 Å². The third-order valence-electron chi connectivity index (χ3n) is 7.14. The van der Waals surface area contributed by atoms with Crippen LogP contribution in [0.1, 0.15) is 25.7 Å². The molecule has 1 aliphatic rings. The molecule has 192 valence electrons. The standard InChI is InChI=1S/C28H22FN9O/c29-23-22-20(14-33-24(23)17-8-18(11-31-10-17)34-28(39)15-4-1-2-5-15)37-38-26(22)27-35-21-13-32-12-19(25(21)36-27)16-6-3-7-30-9-16/h3,6-15H,1-2,4-5H2,(H,34,39)(H,35,36)(H,37,38). The van der Waals surface area contributed by atoms with Gasteiger partial charge in [-0.3, -0.25) is 29.8 Å². The summed E-state index contributed by atoms with van der Waals surface area (Å²) in [6.45, 7) is 0. The van der Waals surface area contributed by atoms with E-state index in [1.165, 1.54) is 12.4 Å². The molecule has 11 heteroatoms. The summed E-state index contributed by atoms with van der Waals surface area (Å²) in [5.41, 5.74) is 4.82. The minimum Gasteiger partial charge on any atom is -0.335 e. The van der Waals surface area contributed by atoms with E-state index in [-0.39, 0.29) is 22.9 Å². The zero-order chi connectivity index (χ0) is 26.3. The molecule has 0 aliphatic heterocycles. The number of rotatable bonds is 5.